The molecule has 0 fully saturated rings. The first kappa shape index (κ1) is 16.0. The summed E-state index contributed by atoms with van der Waals surface area (Å²) in [4.78, 5) is 0. The van der Waals surface area contributed by atoms with E-state index in [2.05, 4.69) is 26.0 Å². The van der Waals surface area contributed by atoms with E-state index in [1.807, 2.05) is 24.3 Å². The normalized spacial score (nSPS) is 11.7. The fraction of sp³-hybridized carbons (Fsp3) is 0.333. The Morgan fingerprint density at radius 3 is 2.24 bits per heavy atom. The molecule has 2 aromatic rings. The summed E-state index contributed by atoms with van der Waals surface area (Å²) in [5.41, 5.74) is 3.69. The topological polar surface area (TPSA) is 40.5 Å². The van der Waals surface area contributed by atoms with Gasteiger partial charge in [0.15, 0.2) is 0 Å². The Balaban J connectivity index is 2.40. The fourth-order valence-corrected chi connectivity index (χ4v) is 2.76. The third kappa shape index (κ3) is 3.46. The highest BCUT2D eigenvalue weighted by Gasteiger charge is 2.31. The zero-order chi connectivity index (χ0) is 15.5. The first-order valence-corrected chi connectivity index (χ1v) is 7.42. The van der Waals surface area contributed by atoms with E-state index in [4.69, 9.17) is 11.6 Å². The van der Waals surface area contributed by atoms with Gasteiger partial charge in [0.25, 0.3) is 0 Å². The van der Waals surface area contributed by atoms with Crippen molar-refractivity contribution in [2.75, 3.05) is 13.2 Å². The van der Waals surface area contributed by atoms with E-state index in [1.54, 1.807) is 6.07 Å². The molecule has 2 aromatic carbocycles. The number of aryl methyl sites for hydroxylation is 2. The van der Waals surface area contributed by atoms with Crippen molar-refractivity contribution in [1.82, 2.24) is 0 Å². The van der Waals surface area contributed by atoms with Crippen LogP contribution >= 0.6 is 11.6 Å². The van der Waals surface area contributed by atoms with Crippen LogP contribution in [0.2, 0.25) is 5.02 Å². The molecule has 0 saturated heterocycles. The second-order valence-corrected chi connectivity index (χ2v) is 6.14. The predicted octanol–water partition coefficient (Wildman–Crippen LogP) is 3.42. The van der Waals surface area contributed by atoms with Crippen LogP contribution in [0.1, 0.15) is 22.3 Å². The number of hydrogen-bond acceptors (Lipinski definition) is 2. The summed E-state index contributed by atoms with van der Waals surface area (Å²) in [5.74, 6) is 0. The summed E-state index contributed by atoms with van der Waals surface area (Å²) in [6, 6.07) is 13.6. The molecule has 0 heterocycles. The van der Waals surface area contributed by atoms with Gasteiger partial charge in [0.2, 0.25) is 0 Å². The molecule has 0 unspecified atom stereocenters. The predicted molar refractivity (Wildman–Crippen MR) is 86.9 cm³/mol. The molecular formula is C18H21ClO2. The van der Waals surface area contributed by atoms with Crippen molar-refractivity contribution in [2.45, 2.75) is 25.7 Å². The SMILES string of the molecule is Cc1ccc(CC(CO)(CO)c2cccc(Cl)c2)cc1C. The largest absolute Gasteiger partial charge is 0.395 e. The van der Waals surface area contributed by atoms with Gasteiger partial charge in [-0.25, -0.2) is 0 Å². The molecule has 0 aromatic heterocycles. The summed E-state index contributed by atoms with van der Waals surface area (Å²) in [6.45, 7) is 3.88. The van der Waals surface area contributed by atoms with Gasteiger partial charge >= 0.3 is 0 Å². The zero-order valence-corrected chi connectivity index (χ0v) is 13.2. The average Bonchev–Trinajstić information content (AvgIpc) is 2.48. The van der Waals surface area contributed by atoms with Gasteiger partial charge in [0, 0.05) is 10.4 Å². The highest BCUT2D eigenvalue weighted by Crippen LogP contribution is 2.30. The molecule has 0 spiro atoms. The van der Waals surface area contributed by atoms with E-state index in [9.17, 15) is 10.2 Å². The van der Waals surface area contributed by atoms with Crippen LogP contribution in [0.3, 0.4) is 0 Å². The summed E-state index contributed by atoms with van der Waals surface area (Å²) in [6.07, 6.45) is 0.571. The molecule has 0 radical (unpaired) electrons. The van der Waals surface area contributed by atoms with Gasteiger partial charge < -0.3 is 10.2 Å². The van der Waals surface area contributed by atoms with Crippen LogP contribution in [0.15, 0.2) is 42.5 Å². The minimum Gasteiger partial charge on any atom is -0.395 e. The number of aliphatic hydroxyl groups is 2. The molecule has 0 bridgehead atoms. The summed E-state index contributed by atoms with van der Waals surface area (Å²) in [7, 11) is 0. The smallest absolute Gasteiger partial charge is 0.0553 e. The van der Waals surface area contributed by atoms with E-state index >= 15 is 0 Å². The molecule has 0 saturated carbocycles. The lowest BCUT2D eigenvalue weighted by atomic mass is 9.76. The van der Waals surface area contributed by atoms with Crippen LogP contribution < -0.4 is 0 Å². The number of halogens is 1. The maximum atomic E-state index is 9.90. The van der Waals surface area contributed by atoms with Gasteiger partial charge in [-0.05, 0) is 54.7 Å². The van der Waals surface area contributed by atoms with E-state index in [1.165, 1.54) is 11.1 Å². The number of hydrogen-bond donors (Lipinski definition) is 2. The van der Waals surface area contributed by atoms with Crippen LogP contribution in [0.25, 0.3) is 0 Å². The van der Waals surface area contributed by atoms with E-state index in [0.717, 1.165) is 11.1 Å². The molecule has 0 aliphatic rings. The highest BCUT2D eigenvalue weighted by molar-refractivity contribution is 6.30. The Bertz CT molecular complexity index is 618. The molecule has 0 amide bonds. The molecule has 0 aliphatic heterocycles. The standard InChI is InChI=1S/C18H21ClO2/c1-13-6-7-15(8-14(13)2)10-18(11-20,12-21)16-4-3-5-17(19)9-16/h3-9,20-21H,10-12H2,1-2H3. The van der Waals surface area contributed by atoms with Crippen molar-refractivity contribution in [3.05, 3.63) is 69.7 Å². The fourth-order valence-electron chi connectivity index (χ4n) is 2.57. The summed E-state index contributed by atoms with van der Waals surface area (Å²) >= 11 is 6.05. The lowest BCUT2D eigenvalue weighted by Crippen LogP contribution is -2.37. The second-order valence-electron chi connectivity index (χ2n) is 5.70. The third-order valence-electron chi connectivity index (χ3n) is 4.16. The third-order valence-corrected chi connectivity index (χ3v) is 4.39. The summed E-state index contributed by atoms with van der Waals surface area (Å²) in [5, 5.41) is 20.4. The maximum Gasteiger partial charge on any atom is 0.0553 e. The Morgan fingerprint density at radius 1 is 0.952 bits per heavy atom. The maximum absolute atomic E-state index is 9.90. The minimum absolute atomic E-state index is 0.128. The van der Waals surface area contributed by atoms with Crippen LogP contribution in [-0.4, -0.2) is 23.4 Å². The van der Waals surface area contributed by atoms with Gasteiger partial charge in [-0.2, -0.15) is 0 Å². The first-order valence-electron chi connectivity index (χ1n) is 7.05. The first-order chi connectivity index (χ1) is 10.0. The van der Waals surface area contributed by atoms with Crippen molar-refractivity contribution < 1.29 is 10.2 Å². The Kier molecular flexibility index (Phi) is 5.04. The van der Waals surface area contributed by atoms with Gasteiger partial charge in [-0.3, -0.25) is 0 Å². The molecule has 21 heavy (non-hydrogen) atoms. The van der Waals surface area contributed by atoms with Crippen molar-refractivity contribution in [2.24, 2.45) is 0 Å². The number of rotatable bonds is 5. The molecule has 0 atom stereocenters. The molecule has 2 rings (SSSR count). The van der Waals surface area contributed by atoms with Crippen molar-refractivity contribution in [1.29, 1.82) is 0 Å². The van der Waals surface area contributed by atoms with Crippen LogP contribution in [0, 0.1) is 13.8 Å². The quantitative estimate of drug-likeness (QED) is 0.888. The van der Waals surface area contributed by atoms with Gasteiger partial charge in [0.1, 0.15) is 0 Å². The average molecular weight is 305 g/mol. The Labute approximate surface area is 131 Å². The molecule has 3 heteroatoms. The zero-order valence-electron chi connectivity index (χ0n) is 12.4. The molecular weight excluding hydrogens is 284 g/mol. The molecule has 2 nitrogen and oxygen atoms in total. The number of aliphatic hydroxyl groups excluding tert-OH is 2. The number of benzene rings is 2. The van der Waals surface area contributed by atoms with E-state index in [-0.39, 0.29) is 13.2 Å². The lowest BCUT2D eigenvalue weighted by Gasteiger charge is -2.31. The summed E-state index contributed by atoms with van der Waals surface area (Å²) < 4.78 is 0. The van der Waals surface area contributed by atoms with Crippen molar-refractivity contribution in [3.63, 3.8) is 0 Å². The van der Waals surface area contributed by atoms with E-state index < -0.39 is 5.41 Å². The minimum atomic E-state index is -0.716. The van der Waals surface area contributed by atoms with Crippen LogP contribution in [0.5, 0.6) is 0 Å². The van der Waals surface area contributed by atoms with Gasteiger partial charge in [-0.15, -0.1) is 0 Å². The highest BCUT2D eigenvalue weighted by atomic mass is 35.5. The van der Waals surface area contributed by atoms with Crippen molar-refractivity contribution in [3.8, 4) is 0 Å². The van der Waals surface area contributed by atoms with Crippen LogP contribution in [0.4, 0.5) is 0 Å². The van der Waals surface area contributed by atoms with Gasteiger partial charge in [-0.1, -0.05) is 41.9 Å². The van der Waals surface area contributed by atoms with Gasteiger partial charge in [0.05, 0.1) is 13.2 Å². The van der Waals surface area contributed by atoms with Crippen molar-refractivity contribution >= 4 is 11.6 Å². The van der Waals surface area contributed by atoms with E-state index in [0.29, 0.717) is 11.4 Å². The molecule has 0 aliphatic carbocycles. The van der Waals surface area contributed by atoms with Crippen LogP contribution in [-0.2, 0) is 11.8 Å². The lowest BCUT2D eigenvalue weighted by molar-refractivity contribution is 0.116. The molecule has 2 N–H and O–H groups in total. The Morgan fingerprint density at radius 2 is 1.67 bits per heavy atom. The second kappa shape index (κ2) is 6.61. The monoisotopic (exact) mass is 304 g/mol. The molecule has 112 valence electrons. The Hall–Kier alpha value is -1.35.